The van der Waals surface area contributed by atoms with Crippen LogP contribution in [0.2, 0.25) is 0 Å². The van der Waals surface area contributed by atoms with Gasteiger partial charge in [0.25, 0.3) is 0 Å². The predicted octanol–water partition coefficient (Wildman–Crippen LogP) is 4.89. The van der Waals surface area contributed by atoms with Crippen LogP contribution < -0.4 is 4.74 Å². The van der Waals surface area contributed by atoms with E-state index in [0.717, 1.165) is 18.2 Å². The summed E-state index contributed by atoms with van der Waals surface area (Å²) in [5, 5.41) is 0. The van der Waals surface area contributed by atoms with Crippen molar-refractivity contribution >= 4 is 0 Å². The van der Waals surface area contributed by atoms with Crippen LogP contribution in [0.25, 0.3) is 0 Å². The van der Waals surface area contributed by atoms with Crippen molar-refractivity contribution in [1.29, 1.82) is 0 Å². The topological polar surface area (TPSA) is 12.5 Å². The van der Waals surface area contributed by atoms with Crippen LogP contribution in [0.1, 0.15) is 37.3 Å². The molecule has 2 aromatic rings. The molecule has 1 aliphatic rings. The fourth-order valence-electron chi connectivity index (χ4n) is 2.91. The average Bonchev–Trinajstić information content (AvgIpc) is 3.39. The van der Waals surface area contributed by atoms with Crippen molar-refractivity contribution in [3.63, 3.8) is 0 Å². The van der Waals surface area contributed by atoms with Crippen LogP contribution in [0.5, 0.6) is 5.75 Å². The van der Waals surface area contributed by atoms with Gasteiger partial charge < -0.3 is 4.74 Å². The Kier molecular flexibility index (Phi) is 5.71. The standard InChI is InChI=1S/C21H27NO/c1-2-14-22(15-18-8-9-18)16-19-10-12-21(13-11-19)23-17-20-6-4-3-5-7-20/h3-7,10-13,18H,2,8-9,14-17H2,1H3. The largest absolute Gasteiger partial charge is 0.489 e. The predicted molar refractivity (Wildman–Crippen MR) is 95.5 cm³/mol. The Balaban J connectivity index is 1.51. The minimum atomic E-state index is 0.629. The molecular formula is C21H27NO. The van der Waals surface area contributed by atoms with Gasteiger partial charge in [-0.15, -0.1) is 0 Å². The highest BCUT2D eigenvalue weighted by atomic mass is 16.5. The van der Waals surface area contributed by atoms with Crippen molar-refractivity contribution in [3.05, 3.63) is 65.7 Å². The fraction of sp³-hybridized carbons (Fsp3) is 0.429. The Morgan fingerprint density at radius 2 is 1.70 bits per heavy atom. The molecule has 1 saturated carbocycles. The van der Waals surface area contributed by atoms with Crippen LogP contribution in [-0.2, 0) is 13.2 Å². The zero-order chi connectivity index (χ0) is 15.9. The van der Waals surface area contributed by atoms with Gasteiger partial charge in [0.05, 0.1) is 0 Å². The van der Waals surface area contributed by atoms with Gasteiger partial charge in [-0.25, -0.2) is 0 Å². The van der Waals surface area contributed by atoms with Gasteiger partial charge >= 0.3 is 0 Å². The highest BCUT2D eigenvalue weighted by Crippen LogP contribution is 2.30. The molecule has 0 amide bonds. The van der Waals surface area contributed by atoms with Crippen molar-refractivity contribution in [3.8, 4) is 5.75 Å². The van der Waals surface area contributed by atoms with E-state index in [-0.39, 0.29) is 0 Å². The van der Waals surface area contributed by atoms with E-state index in [0.29, 0.717) is 6.61 Å². The number of hydrogen-bond donors (Lipinski definition) is 0. The molecule has 0 saturated heterocycles. The van der Waals surface area contributed by atoms with Crippen LogP contribution >= 0.6 is 0 Å². The molecule has 0 heterocycles. The summed E-state index contributed by atoms with van der Waals surface area (Å²) < 4.78 is 5.86. The molecule has 3 rings (SSSR count). The van der Waals surface area contributed by atoms with Gasteiger partial charge in [-0.05, 0) is 55.0 Å². The second kappa shape index (κ2) is 8.16. The minimum Gasteiger partial charge on any atom is -0.489 e. The quantitative estimate of drug-likeness (QED) is 0.654. The Hall–Kier alpha value is -1.80. The van der Waals surface area contributed by atoms with Crippen molar-refractivity contribution in [2.45, 2.75) is 39.3 Å². The maximum atomic E-state index is 5.86. The molecule has 0 aliphatic heterocycles. The van der Waals surface area contributed by atoms with E-state index in [1.165, 1.54) is 43.5 Å². The van der Waals surface area contributed by atoms with Gasteiger partial charge in [-0.2, -0.15) is 0 Å². The number of rotatable bonds is 9. The van der Waals surface area contributed by atoms with E-state index < -0.39 is 0 Å². The lowest BCUT2D eigenvalue weighted by atomic mass is 10.2. The number of benzene rings is 2. The van der Waals surface area contributed by atoms with Crippen LogP contribution in [0, 0.1) is 5.92 Å². The third kappa shape index (κ3) is 5.40. The van der Waals surface area contributed by atoms with Crippen LogP contribution in [0.3, 0.4) is 0 Å². The van der Waals surface area contributed by atoms with Gasteiger partial charge in [0.15, 0.2) is 0 Å². The molecule has 0 N–H and O–H groups in total. The summed E-state index contributed by atoms with van der Waals surface area (Å²) in [6.07, 6.45) is 4.07. The first-order valence-electron chi connectivity index (χ1n) is 8.81. The fourth-order valence-corrected chi connectivity index (χ4v) is 2.91. The highest BCUT2D eigenvalue weighted by molar-refractivity contribution is 5.27. The molecule has 2 aromatic carbocycles. The average molecular weight is 309 g/mol. The number of ether oxygens (including phenoxy) is 1. The van der Waals surface area contributed by atoms with E-state index in [1.54, 1.807) is 0 Å². The Labute approximate surface area is 140 Å². The highest BCUT2D eigenvalue weighted by Gasteiger charge is 2.23. The maximum absolute atomic E-state index is 5.86. The van der Waals surface area contributed by atoms with E-state index >= 15 is 0 Å². The summed E-state index contributed by atoms with van der Waals surface area (Å²) in [6.45, 7) is 6.41. The second-order valence-electron chi connectivity index (χ2n) is 6.60. The summed E-state index contributed by atoms with van der Waals surface area (Å²) in [7, 11) is 0. The maximum Gasteiger partial charge on any atom is 0.119 e. The normalized spacial score (nSPS) is 14.2. The third-order valence-corrected chi connectivity index (χ3v) is 4.33. The number of nitrogens with zero attached hydrogens (tertiary/aromatic N) is 1. The molecule has 1 aliphatic carbocycles. The summed E-state index contributed by atoms with van der Waals surface area (Å²) >= 11 is 0. The molecule has 0 spiro atoms. The van der Waals surface area contributed by atoms with Crippen molar-refractivity contribution in [2.24, 2.45) is 5.92 Å². The van der Waals surface area contributed by atoms with E-state index in [4.69, 9.17) is 4.74 Å². The Bertz CT molecular complexity index is 575. The molecule has 0 atom stereocenters. The third-order valence-electron chi connectivity index (χ3n) is 4.33. The van der Waals surface area contributed by atoms with Crippen molar-refractivity contribution in [2.75, 3.05) is 13.1 Å². The van der Waals surface area contributed by atoms with E-state index in [2.05, 4.69) is 48.2 Å². The summed E-state index contributed by atoms with van der Waals surface area (Å²) in [5.74, 6) is 1.90. The number of hydrogen-bond acceptors (Lipinski definition) is 2. The lowest BCUT2D eigenvalue weighted by Gasteiger charge is -2.21. The van der Waals surface area contributed by atoms with Gasteiger partial charge in [0.1, 0.15) is 12.4 Å². The van der Waals surface area contributed by atoms with E-state index in [9.17, 15) is 0 Å². The van der Waals surface area contributed by atoms with Crippen LogP contribution in [0.15, 0.2) is 54.6 Å². The van der Waals surface area contributed by atoms with Crippen molar-refractivity contribution in [1.82, 2.24) is 4.90 Å². The van der Waals surface area contributed by atoms with Gasteiger partial charge in [-0.1, -0.05) is 49.4 Å². The zero-order valence-electron chi connectivity index (χ0n) is 14.1. The monoisotopic (exact) mass is 309 g/mol. The molecule has 23 heavy (non-hydrogen) atoms. The molecule has 2 heteroatoms. The molecule has 0 aromatic heterocycles. The second-order valence-corrected chi connectivity index (χ2v) is 6.60. The zero-order valence-corrected chi connectivity index (χ0v) is 14.1. The molecule has 122 valence electrons. The summed E-state index contributed by atoms with van der Waals surface area (Å²) in [6, 6.07) is 18.9. The Morgan fingerprint density at radius 1 is 0.957 bits per heavy atom. The molecule has 0 bridgehead atoms. The van der Waals surface area contributed by atoms with E-state index in [1.807, 2.05) is 18.2 Å². The first kappa shape index (κ1) is 16.1. The van der Waals surface area contributed by atoms with Crippen LogP contribution in [-0.4, -0.2) is 18.0 Å². The van der Waals surface area contributed by atoms with Crippen LogP contribution in [0.4, 0.5) is 0 Å². The van der Waals surface area contributed by atoms with Crippen molar-refractivity contribution < 1.29 is 4.74 Å². The molecule has 0 unspecified atom stereocenters. The first-order chi connectivity index (χ1) is 11.3. The minimum absolute atomic E-state index is 0.629. The van der Waals surface area contributed by atoms with Gasteiger partial charge in [0, 0.05) is 13.1 Å². The summed E-state index contributed by atoms with van der Waals surface area (Å²) in [4.78, 5) is 2.59. The molecule has 1 fully saturated rings. The first-order valence-corrected chi connectivity index (χ1v) is 8.81. The smallest absolute Gasteiger partial charge is 0.119 e. The summed E-state index contributed by atoms with van der Waals surface area (Å²) in [5.41, 5.74) is 2.58. The molecule has 0 radical (unpaired) electrons. The van der Waals surface area contributed by atoms with Gasteiger partial charge in [-0.3, -0.25) is 4.90 Å². The SMILES string of the molecule is CCCN(Cc1ccc(OCc2ccccc2)cc1)CC1CC1. The van der Waals surface area contributed by atoms with Gasteiger partial charge in [0.2, 0.25) is 0 Å². The molecule has 2 nitrogen and oxygen atoms in total. The Morgan fingerprint density at radius 3 is 2.35 bits per heavy atom. The molecular weight excluding hydrogens is 282 g/mol. The lowest BCUT2D eigenvalue weighted by Crippen LogP contribution is -2.26. The lowest BCUT2D eigenvalue weighted by molar-refractivity contribution is 0.255.